The van der Waals surface area contributed by atoms with E-state index in [0.29, 0.717) is 40.5 Å². The summed E-state index contributed by atoms with van der Waals surface area (Å²) < 4.78 is 16.4. The fourth-order valence-electron chi connectivity index (χ4n) is 3.58. The van der Waals surface area contributed by atoms with Crippen LogP contribution in [0, 0.1) is 0 Å². The van der Waals surface area contributed by atoms with E-state index in [1.54, 1.807) is 24.3 Å². The topological polar surface area (TPSA) is 93.1 Å². The predicted octanol–water partition coefficient (Wildman–Crippen LogP) is 4.68. The monoisotopic (exact) mass is 415 g/mol. The number of amides is 1. The summed E-state index contributed by atoms with van der Waals surface area (Å²) in [5.74, 6) is -1.10. The van der Waals surface area contributed by atoms with Crippen molar-refractivity contribution in [3.05, 3.63) is 64.5 Å². The number of aliphatic hydroxyl groups is 1. The standard InChI is InChI=1S/C21H18ClNO6/c1-3-6-23-17(13-5-4-7-28-13)16(19(25)21(23)26)18(24)14-9-11-8-12(22)10-15(27-2)20(11)29-14/h4-5,7-10,17,25H,3,6H2,1-2H3. The van der Waals surface area contributed by atoms with Crippen LogP contribution in [-0.2, 0) is 4.79 Å². The van der Waals surface area contributed by atoms with Gasteiger partial charge in [-0.15, -0.1) is 0 Å². The number of ether oxygens (including phenoxy) is 1. The van der Waals surface area contributed by atoms with Gasteiger partial charge >= 0.3 is 0 Å². The number of furan rings is 2. The van der Waals surface area contributed by atoms with E-state index >= 15 is 0 Å². The number of carbonyl (C=O) groups is 2. The molecule has 1 N–H and O–H groups in total. The number of benzene rings is 1. The van der Waals surface area contributed by atoms with Crippen molar-refractivity contribution in [3.63, 3.8) is 0 Å². The first-order valence-corrected chi connectivity index (χ1v) is 9.43. The zero-order chi connectivity index (χ0) is 20.7. The molecule has 1 aliphatic heterocycles. The second-order valence-electron chi connectivity index (χ2n) is 6.64. The van der Waals surface area contributed by atoms with Crippen LogP contribution in [0.25, 0.3) is 11.0 Å². The highest BCUT2D eigenvalue weighted by molar-refractivity contribution is 6.31. The Kier molecular flexibility index (Phi) is 4.84. The van der Waals surface area contributed by atoms with Crippen molar-refractivity contribution < 1.29 is 28.3 Å². The maximum Gasteiger partial charge on any atom is 0.290 e. The van der Waals surface area contributed by atoms with Crippen molar-refractivity contribution in [1.82, 2.24) is 4.90 Å². The normalized spacial score (nSPS) is 16.9. The van der Waals surface area contributed by atoms with Gasteiger partial charge in [0, 0.05) is 23.0 Å². The summed E-state index contributed by atoms with van der Waals surface area (Å²) in [6, 6.07) is 7.22. The number of methoxy groups -OCH3 is 1. The Morgan fingerprint density at radius 3 is 2.79 bits per heavy atom. The van der Waals surface area contributed by atoms with Gasteiger partial charge in [0.15, 0.2) is 22.9 Å². The molecule has 7 nitrogen and oxygen atoms in total. The van der Waals surface area contributed by atoms with Crippen LogP contribution in [-0.4, -0.2) is 35.4 Å². The van der Waals surface area contributed by atoms with Gasteiger partial charge in [-0.3, -0.25) is 9.59 Å². The number of Topliss-reactive ketones (excluding diaryl/α,β-unsaturated/α-hetero) is 1. The van der Waals surface area contributed by atoms with Crippen molar-refractivity contribution in [2.45, 2.75) is 19.4 Å². The van der Waals surface area contributed by atoms with Gasteiger partial charge in [0.05, 0.1) is 18.9 Å². The van der Waals surface area contributed by atoms with Gasteiger partial charge in [-0.2, -0.15) is 0 Å². The summed E-state index contributed by atoms with van der Waals surface area (Å²) in [7, 11) is 1.47. The van der Waals surface area contributed by atoms with Gasteiger partial charge in [0.1, 0.15) is 11.8 Å². The van der Waals surface area contributed by atoms with E-state index in [2.05, 4.69) is 0 Å². The van der Waals surface area contributed by atoms with E-state index in [4.69, 9.17) is 25.2 Å². The third kappa shape index (κ3) is 3.07. The minimum atomic E-state index is -0.830. The number of fused-ring (bicyclic) bond motifs is 1. The number of carbonyl (C=O) groups excluding carboxylic acids is 2. The predicted molar refractivity (Wildman–Crippen MR) is 105 cm³/mol. The molecule has 3 heterocycles. The fourth-order valence-corrected chi connectivity index (χ4v) is 3.80. The molecule has 4 rings (SSSR count). The van der Waals surface area contributed by atoms with Crippen LogP contribution in [0.3, 0.4) is 0 Å². The van der Waals surface area contributed by atoms with Crippen LogP contribution in [0.4, 0.5) is 0 Å². The molecule has 1 unspecified atom stereocenters. The second kappa shape index (κ2) is 7.33. The molecule has 0 bridgehead atoms. The smallest absolute Gasteiger partial charge is 0.290 e. The Morgan fingerprint density at radius 2 is 2.14 bits per heavy atom. The van der Waals surface area contributed by atoms with E-state index in [0.717, 1.165) is 0 Å². The van der Waals surface area contributed by atoms with Gasteiger partial charge < -0.3 is 23.6 Å². The van der Waals surface area contributed by atoms with Crippen LogP contribution in [0.2, 0.25) is 5.02 Å². The Bertz CT molecular complexity index is 1130. The summed E-state index contributed by atoms with van der Waals surface area (Å²) in [5.41, 5.74) is 0.271. The highest BCUT2D eigenvalue weighted by atomic mass is 35.5. The summed E-state index contributed by atoms with van der Waals surface area (Å²) in [4.78, 5) is 27.3. The number of nitrogens with zero attached hydrogens (tertiary/aromatic N) is 1. The third-order valence-corrected chi connectivity index (χ3v) is 5.03. The molecule has 150 valence electrons. The highest BCUT2D eigenvalue weighted by Crippen LogP contribution is 2.40. The number of halogens is 1. The van der Waals surface area contributed by atoms with Crippen LogP contribution in [0.5, 0.6) is 5.75 Å². The molecule has 0 radical (unpaired) electrons. The molecule has 1 amide bonds. The zero-order valence-corrected chi connectivity index (χ0v) is 16.5. The molecule has 0 spiro atoms. The van der Waals surface area contributed by atoms with Crippen molar-refractivity contribution in [2.24, 2.45) is 0 Å². The van der Waals surface area contributed by atoms with Gasteiger partial charge in [0.2, 0.25) is 5.78 Å². The fraction of sp³-hybridized carbons (Fsp3) is 0.238. The summed E-state index contributed by atoms with van der Waals surface area (Å²) in [6.07, 6.45) is 2.10. The van der Waals surface area contributed by atoms with E-state index in [1.807, 2.05) is 6.92 Å². The number of rotatable bonds is 6. The van der Waals surface area contributed by atoms with E-state index in [1.165, 1.54) is 24.3 Å². The van der Waals surface area contributed by atoms with Crippen LogP contribution >= 0.6 is 11.6 Å². The quantitative estimate of drug-likeness (QED) is 0.588. The number of ketones is 1. The Hall–Kier alpha value is -3.19. The molecule has 2 aromatic heterocycles. The molecule has 1 aromatic carbocycles. The molecule has 0 aliphatic carbocycles. The van der Waals surface area contributed by atoms with Gasteiger partial charge in [-0.1, -0.05) is 18.5 Å². The van der Waals surface area contributed by atoms with E-state index in [9.17, 15) is 14.7 Å². The lowest BCUT2D eigenvalue weighted by molar-refractivity contribution is -0.129. The van der Waals surface area contributed by atoms with E-state index in [-0.39, 0.29) is 11.3 Å². The maximum absolute atomic E-state index is 13.3. The average Bonchev–Trinajstić information content (AvgIpc) is 3.42. The van der Waals surface area contributed by atoms with Crippen molar-refractivity contribution >= 4 is 34.3 Å². The lowest BCUT2D eigenvalue weighted by atomic mass is 9.99. The summed E-state index contributed by atoms with van der Waals surface area (Å²) in [5, 5.41) is 11.5. The number of aliphatic hydroxyl groups excluding tert-OH is 1. The Labute approximate surface area is 171 Å². The van der Waals surface area contributed by atoms with Crippen LogP contribution in [0.15, 0.2) is 56.8 Å². The first-order chi connectivity index (χ1) is 14.0. The van der Waals surface area contributed by atoms with Crippen LogP contribution < -0.4 is 4.74 Å². The molecule has 1 aliphatic rings. The molecule has 1 atom stereocenters. The van der Waals surface area contributed by atoms with Gasteiger partial charge in [-0.05, 0) is 30.7 Å². The minimum absolute atomic E-state index is 0.0372. The SMILES string of the molecule is CCCN1C(=O)C(O)=C(C(=O)c2cc3cc(Cl)cc(OC)c3o2)C1c1ccco1. The second-order valence-corrected chi connectivity index (χ2v) is 7.08. The average molecular weight is 416 g/mol. The third-order valence-electron chi connectivity index (χ3n) is 4.82. The Morgan fingerprint density at radius 1 is 1.34 bits per heavy atom. The van der Waals surface area contributed by atoms with Gasteiger partial charge in [0.25, 0.3) is 5.91 Å². The lowest BCUT2D eigenvalue weighted by Crippen LogP contribution is -2.31. The molecular weight excluding hydrogens is 398 g/mol. The molecule has 29 heavy (non-hydrogen) atoms. The molecule has 8 heteroatoms. The van der Waals surface area contributed by atoms with E-state index < -0.39 is 23.5 Å². The van der Waals surface area contributed by atoms with Crippen LogP contribution in [0.1, 0.15) is 35.7 Å². The summed E-state index contributed by atoms with van der Waals surface area (Å²) in [6.45, 7) is 2.26. The Balaban J connectivity index is 1.82. The van der Waals surface area contributed by atoms with Crippen molar-refractivity contribution in [1.29, 1.82) is 0 Å². The lowest BCUT2D eigenvalue weighted by Gasteiger charge is -2.23. The molecule has 0 saturated heterocycles. The van der Waals surface area contributed by atoms with Crippen molar-refractivity contribution in [3.8, 4) is 5.75 Å². The highest BCUT2D eigenvalue weighted by Gasteiger charge is 2.45. The van der Waals surface area contributed by atoms with Crippen molar-refractivity contribution in [2.75, 3.05) is 13.7 Å². The molecule has 0 fully saturated rings. The number of hydrogen-bond donors (Lipinski definition) is 1. The zero-order valence-electron chi connectivity index (χ0n) is 15.8. The number of hydrogen-bond acceptors (Lipinski definition) is 6. The molecular formula is C21H18ClNO6. The molecule has 0 saturated carbocycles. The minimum Gasteiger partial charge on any atom is -0.503 e. The maximum atomic E-state index is 13.3. The van der Waals surface area contributed by atoms with Gasteiger partial charge in [-0.25, -0.2) is 0 Å². The summed E-state index contributed by atoms with van der Waals surface area (Å²) >= 11 is 6.09. The largest absolute Gasteiger partial charge is 0.503 e. The first kappa shape index (κ1) is 19.1. The molecule has 3 aromatic rings. The first-order valence-electron chi connectivity index (χ1n) is 9.05.